The van der Waals surface area contributed by atoms with Gasteiger partial charge in [0.1, 0.15) is 0 Å². The van der Waals surface area contributed by atoms with Gasteiger partial charge in [-0.2, -0.15) is 0 Å². The molecule has 0 fully saturated rings. The molecule has 2 rings (SSSR count). The molecule has 0 radical (unpaired) electrons. The van der Waals surface area contributed by atoms with Gasteiger partial charge in [0.25, 0.3) is 5.91 Å². The maximum Gasteiger partial charge on any atom is 0.337 e. The molecule has 6 heteroatoms. The fourth-order valence-corrected chi connectivity index (χ4v) is 2.95. The minimum absolute atomic E-state index is 0.0984. The molecule has 0 heterocycles. The van der Waals surface area contributed by atoms with Crippen LogP contribution in [0.2, 0.25) is 0 Å². The van der Waals surface area contributed by atoms with Gasteiger partial charge in [0, 0.05) is 6.54 Å². The van der Waals surface area contributed by atoms with E-state index in [1.54, 1.807) is 24.3 Å². The van der Waals surface area contributed by atoms with Gasteiger partial charge in [0.2, 0.25) is 0 Å². The summed E-state index contributed by atoms with van der Waals surface area (Å²) in [6.45, 7) is 3.95. The Morgan fingerprint density at radius 1 is 1.00 bits per heavy atom. The number of amides is 1. The van der Waals surface area contributed by atoms with Gasteiger partial charge in [0.15, 0.2) is 6.61 Å². The Morgan fingerprint density at radius 3 is 2.24 bits per heavy atom. The summed E-state index contributed by atoms with van der Waals surface area (Å²) in [6.07, 6.45) is 0.822. The van der Waals surface area contributed by atoms with Crippen LogP contribution < -0.4 is 5.32 Å². The second-order valence-electron chi connectivity index (χ2n) is 6.85. The minimum atomic E-state index is -0.415. The summed E-state index contributed by atoms with van der Waals surface area (Å²) in [7, 11) is 1.32. The average Bonchev–Trinajstić information content (AvgIpc) is 2.76. The lowest BCUT2D eigenvalue weighted by Crippen LogP contribution is -2.30. The summed E-state index contributed by atoms with van der Waals surface area (Å²) in [4.78, 5) is 36.1. The van der Waals surface area contributed by atoms with Crippen LogP contribution in [0.15, 0.2) is 54.6 Å². The zero-order chi connectivity index (χ0) is 21.2. The molecule has 0 spiro atoms. The van der Waals surface area contributed by atoms with E-state index in [1.165, 1.54) is 7.11 Å². The van der Waals surface area contributed by atoms with Crippen molar-refractivity contribution in [3.05, 3.63) is 71.3 Å². The monoisotopic (exact) mass is 397 g/mol. The fourth-order valence-electron chi connectivity index (χ4n) is 2.95. The molecule has 0 unspecified atom stereocenters. The zero-order valence-electron chi connectivity index (χ0n) is 17.0. The van der Waals surface area contributed by atoms with Gasteiger partial charge < -0.3 is 14.8 Å². The van der Waals surface area contributed by atoms with Crippen LogP contribution in [0.25, 0.3) is 0 Å². The number of esters is 2. The smallest absolute Gasteiger partial charge is 0.337 e. The molecule has 2 aromatic rings. The van der Waals surface area contributed by atoms with Crippen molar-refractivity contribution >= 4 is 17.8 Å². The second kappa shape index (κ2) is 11.0. The number of nitrogens with one attached hydrogen (secondary N) is 1. The molecule has 0 bridgehead atoms. The molecular weight excluding hydrogens is 370 g/mol. The highest BCUT2D eigenvalue weighted by atomic mass is 16.5. The molecule has 0 aromatic heterocycles. The molecule has 0 aliphatic carbocycles. The van der Waals surface area contributed by atoms with E-state index in [9.17, 15) is 14.4 Å². The normalized spacial score (nSPS) is 12.5. The largest absolute Gasteiger partial charge is 0.465 e. The standard InChI is InChI=1S/C23H27NO5/c1-4-16(2)21(18-8-6-5-7-9-18)23(27)29-15-20(25)24-14-17-10-12-19(13-11-17)22(26)28-3/h5-13,16,21H,4,14-15H2,1-3H3,(H,24,25)/t16-,21+/m1/s1. The van der Waals surface area contributed by atoms with Crippen molar-refractivity contribution in [2.75, 3.05) is 13.7 Å². The van der Waals surface area contributed by atoms with Crippen LogP contribution in [-0.4, -0.2) is 31.6 Å². The molecule has 29 heavy (non-hydrogen) atoms. The quantitative estimate of drug-likeness (QED) is 0.656. The molecule has 0 aliphatic heterocycles. The van der Waals surface area contributed by atoms with Crippen LogP contribution >= 0.6 is 0 Å². The summed E-state index contributed by atoms with van der Waals surface area (Å²) in [5.41, 5.74) is 2.14. The van der Waals surface area contributed by atoms with Crippen molar-refractivity contribution in [1.29, 1.82) is 0 Å². The third kappa shape index (κ3) is 6.45. The van der Waals surface area contributed by atoms with Crippen LogP contribution in [0.3, 0.4) is 0 Å². The van der Waals surface area contributed by atoms with Crippen molar-refractivity contribution in [2.24, 2.45) is 5.92 Å². The molecule has 6 nitrogen and oxygen atoms in total. The number of rotatable bonds is 9. The summed E-state index contributed by atoms with van der Waals surface area (Å²) >= 11 is 0. The first kappa shape index (κ1) is 22.1. The highest BCUT2D eigenvalue weighted by molar-refractivity contribution is 5.89. The first-order valence-corrected chi connectivity index (χ1v) is 9.61. The number of benzene rings is 2. The van der Waals surface area contributed by atoms with E-state index in [1.807, 2.05) is 44.2 Å². The highest BCUT2D eigenvalue weighted by Crippen LogP contribution is 2.28. The van der Waals surface area contributed by atoms with E-state index in [2.05, 4.69) is 10.1 Å². The topological polar surface area (TPSA) is 81.7 Å². The minimum Gasteiger partial charge on any atom is -0.465 e. The van der Waals surface area contributed by atoms with Gasteiger partial charge in [-0.1, -0.05) is 62.7 Å². The van der Waals surface area contributed by atoms with Crippen molar-refractivity contribution in [1.82, 2.24) is 5.32 Å². The van der Waals surface area contributed by atoms with Gasteiger partial charge in [-0.15, -0.1) is 0 Å². The Morgan fingerprint density at radius 2 is 1.66 bits per heavy atom. The molecule has 1 amide bonds. The van der Waals surface area contributed by atoms with Crippen LogP contribution in [0.4, 0.5) is 0 Å². The third-order valence-corrected chi connectivity index (χ3v) is 4.84. The number of ether oxygens (including phenoxy) is 2. The van der Waals surface area contributed by atoms with Crippen LogP contribution in [0.5, 0.6) is 0 Å². The van der Waals surface area contributed by atoms with E-state index in [4.69, 9.17) is 4.74 Å². The van der Waals surface area contributed by atoms with Gasteiger partial charge in [-0.25, -0.2) is 4.79 Å². The van der Waals surface area contributed by atoms with Crippen molar-refractivity contribution < 1.29 is 23.9 Å². The molecule has 0 saturated carbocycles. The Balaban J connectivity index is 1.87. The zero-order valence-corrected chi connectivity index (χ0v) is 17.0. The Labute approximate surface area is 171 Å². The molecule has 0 aliphatic rings. The van der Waals surface area contributed by atoms with E-state index in [0.29, 0.717) is 5.56 Å². The number of hydrogen-bond acceptors (Lipinski definition) is 5. The lowest BCUT2D eigenvalue weighted by atomic mass is 9.86. The summed E-state index contributed by atoms with van der Waals surface area (Å²) in [5.74, 6) is -1.50. The molecule has 2 atom stereocenters. The summed E-state index contributed by atoms with van der Waals surface area (Å²) in [5, 5.41) is 2.71. The van der Waals surface area contributed by atoms with Crippen molar-refractivity contribution in [2.45, 2.75) is 32.7 Å². The lowest BCUT2D eigenvalue weighted by molar-refractivity contribution is -0.151. The summed E-state index contributed by atoms with van der Waals surface area (Å²) < 4.78 is 9.93. The Hall–Kier alpha value is -3.15. The maximum atomic E-state index is 12.6. The van der Waals surface area contributed by atoms with E-state index in [0.717, 1.165) is 17.5 Å². The molecule has 1 N–H and O–H groups in total. The van der Waals surface area contributed by atoms with E-state index < -0.39 is 17.9 Å². The van der Waals surface area contributed by atoms with Crippen LogP contribution in [-0.2, 0) is 25.6 Å². The van der Waals surface area contributed by atoms with Crippen LogP contribution in [0.1, 0.15) is 47.7 Å². The van der Waals surface area contributed by atoms with Gasteiger partial charge in [-0.05, 0) is 29.2 Å². The number of carbonyl (C=O) groups is 3. The van der Waals surface area contributed by atoms with Crippen LogP contribution in [0, 0.1) is 5.92 Å². The second-order valence-corrected chi connectivity index (χ2v) is 6.85. The first-order valence-electron chi connectivity index (χ1n) is 9.61. The molecular formula is C23H27NO5. The molecule has 0 saturated heterocycles. The van der Waals surface area contributed by atoms with E-state index >= 15 is 0 Å². The Kier molecular flexibility index (Phi) is 8.40. The van der Waals surface area contributed by atoms with Crippen molar-refractivity contribution in [3.8, 4) is 0 Å². The third-order valence-electron chi connectivity index (χ3n) is 4.84. The predicted octanol–water partition coefficient (Wildman–Crippen LogP) is 3.46. The highest BCUT2D eigenvalue weighted by Gasteiger charge is 2.27. The predicted molar refractivity (Wildman–Crippen MR) is 109 cm³/mol. The number of methoxy groups -OCH3 is 1. The van der Waals surface area contributed by atoms with Gasteiger partial charge in [0.05, 0.1) is 18.6 Å². The fraction of sp³-hybridized carbons (Fsp3) is 0.348. The van der Waals surface area contributed by atoms with Gasteiger partial charge >= 0.3 is 11.9 Å². The van der Waals surface area contributed by atoms with Gasteiger partial charge in [-0.3, -0.25) is 9.59 Å². The average molecular weight is 397 g/mol. The molecule has 154 valence electrons. The lowest BCUT2D eigenvalue weighted by Gasteiger charge is -2.21. The number of hydrogen-bond donors (Lipinski definition) is 1. The first-order chi connectivity index (χ1) is 14.0. The maximum absolute atomic E-state index is 12.6. The van der Waals surface area contributed by atoms with Crippen molar-refractivity contribution in [3.63, 3.8) is 0 Å². The molecule has 2 aromatic carbocycles. The number of carbonyl (C=O) groups excluding carboxylic acids is 3. The SMILES string of the molecule is CC[C@@H](C)[C@H](C(=O)OCC(=O)NCc1ccc(C(=O)OC)cc1)c1ccccc1. The van der Waals surface area contributed by atoms with E-state index in [-0.39, 0.29) is 25.0 Å². The Bertz CT molecular complexity index is 817. The summed E-state index contributed by atoms with van der Waals surface area (Å²) in [6, 6.07) is 16.2.